The number of nitrogens with one attached hydrogen (secondary N) is 1. The zero-order valence-electron chi connectivity index (χ0n) is 8.94. The molecule has 1 aromatic heterocycles. The van der Waals surface area contributed by atoms with Gasteiger partial charge in [-0.2, -0.15) is 0 Å². The molecule has 0 atom stereocenters. The van der Waals surface area contributed by atoms with Crippen LogP contribution in [0.4, 0.5) is 5.69 Å². The van der Waals surface area contributed by atoms with E-state index in [2.05, 4.69) is 25.9 Å². The molecule has 4 heteroatoms. The summed E-state index contributed by atoms with van der Waals surface area (Å²) in [6, 6.07) is 13.6. The first-order chi connectivity index (χ1) is 8.24. The number of aromatic amines is 1. The Labute approximate surface area is 107 Å². The minimum Gasteiger partial charge on any atom is -0.399 e. The second kappa shape index (κ2) is 3.89. The summed E-state index contributed by atoms with van der Waals surface area (Å²) < 4.78 is 0.978. The molecule has 0 bridgehead atoms. The lowest BCUT2D eigenvalue weighted by atomic mass is 10.2. The van der Waals surface area contributed by atoms with E-state index in [-0.39, 0.29) is 0 Å². The van der Waals surface area contributed by atoms with Crippen molar-refractivity contribution in [1.82, 2.24) is 9.97 Å². The molecule has 0 amide bonds. The van der Waals surface area contributed by atoms with Crippen LogP contribution in [0.2, 0.25) is 0 Å². The molecule has 2 aromatic carbocycles. The third-order valence-electron chi connectivity index (χ3n) is 2.63. The zero-order valence-corrected chi connectivity index (χ0v) is 10.5. The number of H-pyrrole nitrogens is 1. The highest BCUT2D eigenvalue weighted by Gasteiger charge is 2.08. The van der Waals surface area contributed by atoms with Gasteiger partial charge in [-0.15, -0.1) is 0 Å². The minimum atomic E-state index is 0.726. The van der Waals surface area contributed by atoms with Gasteiger partial charge in [0.05, 0.1) is 11.0 Å². The number of nitrogens with zero attached hydrogens (tertiary/aromatic N) is 1. The SMILES string of the molecule is Nc1ccc(Br)c(-c2nc3ccccc3[nH]2)c1. The lowest BCUT2D eigenvalue weighted by molar-refractivity contribution is 1.33. The Bertz CT molecular complexity index is 655. The molecule has 0 fully saturated rings. The smallest absolute Gasteiger partial charge is 0.139 e. The van der Waals surface area contributed by atoms with Crippen LogP contribution >= 0.6 is 15.9 Å². The zero-order chi connectivity index (χ0) is 11.8. The molecular formula is C13H10BrN3. The van der Waals surface area contributed by atoms with Crippen molar-refractivity contribution in [1.29, 1.82) is 0 Å². The van der Waals surface area contributed by atoms with Gasteiger partial charge in [0.25, 0.3) is 0 Å². The molecule has 1 heterocycles. The highest BCUT2D eigenvalue weighted by Crippen LogP contribution is 2.29. The van der Waals surface area contributed by atoms with Crippen molar-refractivity contribution < 1.29 is 0 Å². The Morgan fingerprint density at radius 1 is 1.12 bits per heavy atom. The number of hydrogen-bond acceptors (Lipinski definition) is 2. The van der Waals surface area contributed by atoms with Crippen LogP contribution in [0.3, 0.4) is 0 Å². The molecule has 84 valence electrons. The van der Waals surface area contributed by atoms with Gasteiger partial charge >= 0.3 is 0 Å². The monoisotopic (exact) mass is 287 g/mol. The van der Waals surface area contributed by atoms with Crippen molar-refractivity contribution in [2.75, 3.05) is 5.73 Å². The fourth-order valence-electron chi connectivity index (χ4n) is 1.80. The first kappa shape index (κ1) is 10.4. The predicted molar refractivity (Wildman–Crippen MR) is 73.6 cm³/mol. The summed E-state index contributed by atoms with van der Waals surface area (Å²) in [6.45, 7) is 0. The summed E-state index contributed by atoms with van der Waals surface area (Å²) in [5, 5.41) is 0. The number of fused-ring (bicyclic) bond motifs is 1. The fourth-order valence-corrected chi connectivity index (χ4v) is 2.24. The number of aromatic nitrogens is 2. The molecule has 0 aliphatic heterocycles. The van der Waals surface area contributed by atoms with Crippen molar-refractivity contribution in [2.45, 2.75) is 0 Å². The predicted octanol–water partition coefficient (Wildman–Crippen LogP) is 3.57. The largest absolute Gasteiger partial charge is 0.399 e. The van der Waals surface area contributed by atoms with Gasteiger partial charge in [-0.1, -0.05) is 28.1 Å². The number of anilines is 1. The van der Waals surface area contributed by atoms with Gasteiger partial charge in [-0.05, 0) is 30.3 Å². The number of imidazole rings is 1. The van der Waals surface area contributed by atoms with E-state index in [4.69, 9.17) is 5.73 Å². The van der Waals surface area contributed by atoms with Gasteiger partial charge in [0.1, 0.15) is 5.82 Å². The molecule has 0 spiro atoms. The maximum absolute atomic E-state index is 5.80. The van der Waals surface area contributed by atoms with Gasteiger partial charge in [0, 0.05) is 15.7 Å². The van der Waals surface area contributed by atoms with E-state index in [1.54, 1.807) is 0 Å². The molecule has 0 unspecified atom stereocenters. The van der Waals surface area contributed by atoms with Crippen LogP contribution < -0.4 is 5.73 Å². The van der Waals surface area contributed by atoms with Gasteiger partial charge in [-0.25, -0.2) is 4.98 Å². The van der Waals surface area contributed by atoms with E-state index < -0.39 is 0 Å². The summed E-state index contributed by atoms with van der Waals surface area (Å²) in [5.74, 6) is 0.824. The number of benzene rings is 2. The third-order valence-corrected chi connectivity index (χ3v) is 3.33. The summed E-state index contributed by atoms with van der Waals surface area (Å²) >= 11 is 3.51. The molecule has 0 aliphatic rings. The number of hydrogen-bond donors (Lipinski definition) is 2. The highest BCUT2D eigenvalue weighted by molar-refractivity contribution is 9.10. The number of nitrogens with two attached hydrogens (primary N) is 1. The van der Waals surface area contributed by atoms with Crippen molar-refractivity contribution in [2.24, 2.45) is 0 Å². The van der Waals surface area contributed by atoms with Crippen LogP contribution in [0.15, 0.2) is 46.9 Å². The van der Waals surface area contributed by atoms with E-state index in [0.717, 1.165) is 32.6 Å². The Balaban J connectivity index is 2.23. The average Bonchev–Trinajstić information content (AvgIpc) is 2.75. The fraction of sp³-hybridized carbons (Fsp3) is 0. The van der Waals surface area contributed by atoms with Crippen LogP contribution in [0.25, 0.3) is 22.4 Å². The number of para-hydroxylation sites is 2. The molecule has 17 heavy (non-hydrogen) atoms. The van der Waals surface area contributed by atoms with E-state index >= 15 is 0 Å². The first-order valence-corrected chi connectivity index (χ1v) is 6.03. The lowest BCUT2D eigenvalue weighted by Gasteiger charge is -2.01. The summed E-state index contributed by atoms with van der Waals surface area (Å²) in [4.78, 5) is 7.83. The Morgan fingerprint density at radius 2 is 1.94 bits per heavy atom. The van der Waals surface area contributed by atoms with E-state index in [0.29, 0.717) is 0 Å². The summed E-state index contributed by atoms with van der Waals surface area (Å²) in [6.07, 6.45) is 0. The van der Waals surface area contributed by atoms with Crippen LogP contribution in [0.1, 0.15) is 0 Å². The van der Waals surface area contributed by atoms with Crippen molar-refractivity contribution in [3.63, 3.8) is 0 Å². The van der Waals surface area contributed by atoms with Crippen LogP contribution in [-0.4, -0.2) is 9.97 Å². The van der Waals surface area contributed by atoms with Crippen molar-refractivity contribution >= 4 is 32.7 Å². The summed E-state index contributed by atoms with van der Waals surface area (Å²) in [5.41, 5.74) is 9.48. The molecule has 3 N–H and O–H groups in total. The molecule has 3 rings (SSSR count). The summed E-state index contributed by atoms with van der Waals surface area (Å²) in [7, 11) is 0. The lowest BCUT2D eigenvalue weighted by Crippen LogP contribution is -1.88. The normalized spacial score (nSPS) is 10.9. The highest BCUT2D eigenvalue weighted by atomic mass is 79.9. The van der Waals surface area contributed by atoms with Gasteiger partial charge in [-0.3, -0.25) is 0 Å². The molecule has 0 saturated heterocycles. The number of nitrogen functional groups attached to an aromatic ring is 1. The first-order valence-electron chi connectivity index (χ1n) is 5.24. The number of rotatable bonds is 1. The Kier molecular flexibility index (Phi) is 2.37. The van der Waals surface area contributed by atoms with E-state index in [9.17, 15) is 0 Å². The molecule has 3 nitrogen and oxygen atoms in total. The molecule has 0 radical (unpaired) electrons. The van der Waals surface area contributed by atoms with E-state index in [1.807, 2.05) is 42.5 Å². The number of halogens is 1. The molecule has 0 saturated carbocycles. The molecular weight excluding hydrogens is 278 g/mol. The van der Waals surface area contributed by atoms with Crippen molar-refractivity contribution in [3.05, 3.63) is 46.9 Å². The second-order valence-electron chi connectivity index (χ2n) is 3.84. The van der Waals surface area contributed by atoms with E-state index in [1.165, 1.54) is 0 Å². The molecule has 0 aliphatic carbocycles. The second-order valence-corrected chi connectivity index (χ2v) is 4.70. The standard InChI is InChI=1S/C13H10BrN3/c14-10-6-5-8(15)7-9(10)13-16-11-3-1-2-4-12(11)17-13/h1-7H,15H2,(H,16,17). The minimum absolute atomic E-state index is 0.726. The molecule has 3 aromatic rings. The maximum atomic E-state index is 5.80. The van der Waals surface area contributed by atoms with Gasteiger partial charge < -0.3 is 10.7 Å². The Hall–Kier alpha value is -1.81. The third kappa shape index (κ3) is 1.80. The quantitative estimate of drug-likeness (QED) is 0.672. The van der Waals surface area contributed by atoms with Crippen LogP contribution in [0, 0.1) is 0 Å². The van der Waals surface area contributed by atoms with Crippen LogP contribution in [0.5, 0.6) is 0 Å². The average molecular weight is 288 g/mol. The van der Waals surface area contributed by atoms with Gasteiger partial charge in [0.2, 0.25) is 0 Å². The van der Waals surface area contributed by atoms with Gasteiger partial charge in [0.15, 0.2) is 0 Å². The Morgan fingerprint density at radius 3 is 2.76 bits per heavy atom. The maximum Gasteiger partial charge on any atom is 0.139 e. The van der Waals surface area contributed by atoms with Crippen LogP contribution in [-0.2, 0) is 0 Å². The van der Waals surface area contributed by atoms with Crippen molar-refractivity contribution in [3.8, 4) is 11.4 Å². The topological polar surface area (TPSA) is 54.7 Å².